The van der Waals surface area contributed by atoms with Crippen molar-refractivity contribution in [2.75, 3.05) is 31.4 Å². The molecule has 0 saturated heterocycles. The average Bonchev–Trinajstić information content (AvgIpc) is 3.20. The van der Waals surface area contributed by atoms with E-state index in [9.17, 15) is 0 Å². The Balaban J connectivity index is 1.64. The van der Waals surface area contributed by atoms with Crippen molar-refractivity contribution in [3.05, 3.63) is 41.7 Å². The summed E-state index contributed by atoms with van der Waals surface area (Å²) in [6, 6.07) is 6.00. The first kappa shape index (κ1) is 15.9. The summed E-state index contributed by atoms with van der Waals surface area (Å²) in [7, 11) is 6.08. The molecule has 7 nitrogen and oxygen atoms in total. The molecule has 3 aromatic rings. The van der Waals surface area contributed by atoms with Gasteiger partial charge in [0.05, 0.1) is 5.69 Å². The molecule has 1 aliphatic heterocycles. The number of anilines is 3. The number of hydrogen-bond donors (Lipinski definition) is 1. The van der Waals surface area contributed by atoms with Crippen molar-refractivity contribution >= 4 is 28.2 Å². The molecule has 0 bridgehead atoms. The lowest BCUT2D eigenvalue weighted by atomic mass is 10.1. The molecule has 0 fully saturated rings. The second-order valence-corrected chi connectivity index (χ2v) is 7.04. The predicted molar refractivity (Wildman–Crippen MR) is 100 cm³/mol. The second kappa shape index (κ2) is 6.38. The lowest BCUT2D eigenvalue weighted by Crippen LogP contribution is -2.11. The Bertz CT molecular complexity index is 906. The summed E-state index contributed by atoms with van der Waals surface area (Å²) in [5.74, 6) is 1.43. The third-order valence-electron chi connectivity index (χ3n) is 4.15. The monoisotopic (exact) mass is 353 g/mol. The standard InChI is InChI=1S/C17H19N7S/c1-23(2)13-5-4-7-19-15(13)20-17-21-16(22-25-17)14-12-10-24(3)9-11(12)6-8-18-14/h4-8H,9-10H2,1-3H3,(H,19,20,21,22). The van der Waals surface area contributed by atoms with Crippen LogP contribution in [-0.4, -0.2) is 45.4 Å². The molecular formula is C17H19N7S. The van der Waals surface area contributed by atoms with Gasteiger partial charge in [-0.3, -0.25) is 9.88 Å². The molecule has 0 aliphatic carbocycles. The van der Waals surface area contributed by atoms with E-state index < -0.39 is 0 Å². The third-order valence-corrected chi connectivity index (χ3v) is 4.78. The summed E-state index contributed by atoms with van der Waals surface area (Å²) in [4.78, 5) is 17.8. The number of aromatic nitrogens is 4. The molecular weight excluding hydrogens is 334 g/mol. The maximum absolute atomic E-state index is 4.64. The van der Waals surface area contributed by atoms with E-state index in [1.165, 1.54) is 22.7 Å². The molecule has 0 unspecified atom stereocenters. The normalized spacial score (nSPS) is 13.7. The smallest absolute Gasteiger partial charge is 0.208 e. The number of fused-ring (bicyclic) bond motifs is 1. The maximum atomic E-state index is 4.64. The van der Waals surface area contributed by atoms with Gasteiger partial charge in [0.15, 0.2) is 11.6 Å². The van der Waals surface area contributed by atoms with Gasteiger partial charge in [-0.1, -0.05) is 0 Å². The summed E-state index contributed by atoms with van der Waals surface area (Å²) in [5.41, 5.74) is 4.40. The van der Waals surface area contributed by atoms with Crippen molar-refractivity contribution in [3.8, 4) is 11.5 Å². The van der Waals surface area contributed by atoms with E-state index in [4.69, 9.17) is 0 Å². The van der Waals surface area contributed by atoms with Crippen molar-refractivity contribution in [2.45, 2.75) is 13.1 Å². The number of rotatable bonds is 4. The van der Waals surface area contributed by atoms with Crippen LogP contribution in [0.15, 0.2) is 30.6 Å². The topological polar surface area (TPSA) is 70.1 Å². The van der Waals surface area contributed by atoms with Crippen molar-refractivity contribution in [1.82, 2.24) is 24.2 Å². The highest BCUT2D eigenvalue weighted by Crippen LogP contribution is 2.31. The van der Waals surface area contributed by atoms with Crippen LogP contribution in [-0.2, 0) is 13.1 Å². The molecule has 1 N–H and O–H groups in total. The van der Waals surface area contributed by atoms with Crippen molar-refractivity contribution in [2.24, 2.45) is 0 Å². The van der Waals surface area contributed by atoms with Crippen molar-refractivity contribution in [3.63, 3.8) is 0 Å². The van der Waals surface area contributed by atoms with Gasteiger partial charge < -0.3 is 10.2 Å². The molecule has 8 heteroatoms. The summed E-state index contributed by atoms with van der Waals surface area (Å²) >= 11 is 1.32. The van der Waals surface area contributed by atoms with Gasteiger partial charge >= 0.3 is 0 Å². The fraction of sp³-hybridized carbons (Fsp3) is 0.294. The number of hydrogen-bond acceptors (Lipinski definition) is 8. The van der Waals surface area contributed by atoms with Crippen LogP contribution in [0.4, 0.5) is 16.6 Å². The summed E-state index contributed by atoms with van der Waals surface area (Å²) < 4.78 is 4.51. The van der Waals surface area contributed by atoms with E-state index in [2.05, 4.69) is 42.7 Å². The van der Waals surface area contributed by atoms with E-state index in [1.807, 2.05) is 37.3 Å². The highest BCUT2D eigenvalue weighted by Gasteiger charge is 2.22. The Morgan fingerprint density at radius 3 is 2.88 bits per heavy atom. The van der Waals surface area contributed by atoms with E-state index in [1.54, 1.807) is 6.20 Å². The summed E-state index contributed by atoms with van der Waals surface area (Å²) in [6.45, 7) is 1.83. The Hall–Kier alpha value is -2.58. The van der Waals surface area contributed by atoms with Gasteiger partial charge in [0.25, 0.3) is 0 Å². The molecule has 0 saturated carbocycles. The van der Waals surface area contributed by atoms with Crippen molar-refractivity contribution < 1.29 is 0 Å². The minimum atomic E-state index is 0.669. The van der Waals surface area contributed by atoms with Crippen LogP contribution >= 0.6 is 11.5 Å². The fourth-order valence-electron chi connectivity index (χ4n) is 2.99. The van der Waals surface area contributed by atoms with Gasteiger partial charge in [-0.2, -0.15) is 9.36 Å². The van der Waals surface area contributed by atoms with Crippen LogP contribution in [0.25, 0.3) is 11.5 Å². The second-order valence-electron chi connectivity index (χ2n) is 6.28. The fourth-order valence-corrected chi connectivity index (χ4v) is 3.56. The molecule has 1 aliphatic rings. The quantitative estimate of drug-likeness (QED) is 0.773. The minimum absolute atomic E-state index is 0.669. The van der Waals surface area contributed by atoms with Gasteiger partial charge in [0.2, 0.25) is 5.13 Å². The number of pyridine rings is 2. The first-order valence-corrected chi connectivity index (χ1v) is 8.78. The van der Waals surface area contributed by atoms with Crippen molar-refractivity contribution in [1.29, 1.82) is 0 Å². The molecule has 4 heterocycles. The van der Waals surface area contributed by atoms with Crippen LogP contribution < -0.4 is 10.2 Å². The lowest BCUT2D eigenvalue weighted by Gasteiger charge is -2.15. The Kier molecular flexibility index (Phi) is 4.06. The molecule has 4 rings (SSSR count). The number of nitrogens with zero attached hydrogens (tertiary/aromatic N) is 6. The van der Waals surface area contributed by atoms with E-state index in [-0.39, 0.29) is 0 Å². The van der Waals surface area contributed by atoms with E-state index >= 15 is 0 Å². The molecule has 0 radical (unpaired) electrons. The van der Waals surface area contributed by atoms with E-state index in [0.717, 1.165) is 30.3 Å². The molecule has 128 valence electrons. The van der Waals surface area contributed by atoms with Gasteiger partial charge in [-0.25, -0.2) is 4.98 Å². The zero-order chi connectivity index (χ0) is 17.4. The SMILES string of the molecule is CN1Cc2ccnc(-c3nsc(Nc4ncccc4N(C)C)n3)c2C1. The Labute approximate surface area is 150 Å². The molecule has 0 atom stereocenters. The highest BCUT2D eigenvalue weighted by molar-refractivity contribution is 7.09. The zero-order valence-electron chi connectivity index (χ0n) is 14.4. The number of nitrogens with one attached hydrogen (secondary N) is 1. The highest BCUT2D eigenvalue weighted by atomic mass is 32.1. The van der Waals surface area contributed by atoms with Crippen LogP contribution in [0, 0.1) is 0 Å². The van der Waals surface area contributed by atoms with Crippen LogP contribution in [0.2, 0.25) is 0 Å². The predicted octanol–water partition coefficient (Wildman–Crippen LogP) is 2.75. The molecule has 0 amide bonds. The largest absolute Gasteiger partial charge is 0.375 e. The van der Waals surface area contributed by atoms with Gasteiger partial charge in [0.1, 0.15) is 5.69 Å². The third kappa shape index (κ3) is 3.06. The van der Waals surface area contributed by atoms with E-state index in [0.29, 0.717) is 11.0 Å². The molecule has 0 spiro atoms. The molecule has 3 aromatic heterocycles. The average molecular weight is 353 g/mol. The first-order chi connectivity index (χ1) is 12.1. The zero-order valence-corrected chi connectivity index (χ0v) is 15.2. The maximum Gasteiger partial charge on any atom is 0.208 e. The van der Waals surface area contributed by atoms with Crippen LogP contribution in [0.5, 0.6) is 0 Å². The lowest BCUT2D eigenvalue weighted by molar-refractivity contribution is 0.353. The van der Waals surface area contributed by atoms with Crippen LogP contribution in [0.3, 0.4) is 0 Å². The summed E-state index contributed by atoms with van der Waals surface area (Å²) in [5, 5.41) is 3.99. The van der Waals surface area contributed by atoms with Gasteiger partial charge in [-0.15, -0.1) is 0 Å². The van der Waals surface area contributed by atoms with Crippen LogP contribution in [0.1, 0.15) is 11.1 Å². The van der Waals surface area contributed by atoms with Gasteiger partial charge in [0, 0.05) is 56.7 Å². The first-order valence-electron chi connectivity index (χ1n) is 8.00. The Morgan fingerprint density at radius 1 is 1.16 bits per heavy atom. The minimum Gasteiger partial charge on any atom is -0.375 e. The molecule has 0 aromatic carbocycles. The van der Waals surface area contributed by atoms with Gasteiger partial charge in [-0.05, 0) is 30.8 Å². The summed E-state index contributed by atoms with van der Waals surface area (Å²) in [6.07, 6.45) is 3.60. The molecule has 25 heavy (non-hydrogen) atoms. The Morgan fingerprint density at radius 2 is 2.04 bits per heavy atom.